The van der Waals surface area contributed by atoms with Gasteiger partial charge in [-0.15, -0.1) is 0 Å². The van der Waals surface area contributed by atoms with Crippen LogP contribution in [0.15, 0.2) is 194 Å². The molecule has 0 saturated carbocycles. The van der Waals surface area contributed by atoms with Gasteiger partial charge < -0.3 is 9.55 Å². The van der Waals surface area contributed by atoms with Crippen molar-refractivity contribution in [2.75, 3.05) is 0 Å². The lowest BCUT2D eigenvalue weighted by atomic mass is 10.00. The van der Waals surface area contributed by atoms with Crippen LogP contribution in [-0.2, 0) is 0 Å². The van der Waals surface area contributed by atoms with Crippen LogP contribution in [0.3, 0.4) is 0 Å². The van der Waals surface area contributed by atoms with E-state index in [0.717, 1.165) is 55.6 Å². The predicted molar refractivity (Wildman–Crippen MR) is 231 cm³/mol. The van der Waals surface area contributed by atoms with E-state index in [9.17, 15) is 0 Å². The van der Waals surface area contributed by atoms with Gasteiger partial charge in [0.2, 0.25) is 0 Å². The van der Waals surface area contributed by atoms with Crippen LogP contribution in [0.1, 0.15) is 0 Å². The molecule has 0 aliphatic rings. The fourth-order valence-corrected chi connectivity index (χ4v) is 8.14. The summed E-state index contributed by atoms with van der Waals surface area (Å²) in [6, 6.07) is 68.1. The van der Waals surface area contributed by atoms with Crippen molar-refractivity contribution in [2.45, 2.75) is 0 Å². The van der Waals surface area contributed by atoms with Gasteiger partial charge in [-0.25, -0.2) is 15.0 Å². The monoisotopic (exact) mass is 715 g/mol. The summed E-state index contributed by atoms with van der Waals surface area (Å²) in [5.41, 5.74) is 13.0. The first kappa shape index (κ1) is 31.9. The fourth-order valence-electron chi connectivity index (χ4n) is 8.14. The molecule has 0 atom stereocenters. The van der Waals surface area contributed by atoms with Gasteiger partial charge in [0.25, 0.3) is 0 Å². The van der Waals surface area contributed by atoms with Crippen LogP contribution in [-0.4, -0.2) is 24.5 Å². The molecule has 262 valence electrons. The number of H-pyrrole nitrogens is 1. The molecule has 0 spiro atoms. The topological polar surface area (TPSA) is 59.4 Å². The Labute approximate surface area is 323 Å². The van der Waals surface area contributed by atoms with Crippen molar-refractivity contribution < 1.29 is 0 Å². The van der Waals surface area contributed by atoms with Crippen molar-refractivity contribution >= 4 is 43.6 Å². The number of aromatic nitrogens is 5. The Morgan fingerprint density at radius 1 is 0.339 bits per heavy atom. The van der Waals surface area contributed by atoms with Gasteiger partial charge in [-0.3, -0.25) is 0 Å². The summed E-state index contributed by atoms with van der Waals surface area (Å²) in [5.74, 6) is 1.89. The lowest BCUT2D eigenvalue weighted by molar-refractivity contribution is 1.07. The van der Waals surface area contributed by atoms with Crippen LogP contribution < -0.4 is 0 Å². The van der Waals surface area contributed by atoms with Gasteiger partial charge in [-0.05, 0) is 59.2 Å². The summed E-state index contributed by atoms with van der Waals surface area (Å²) >= 11 is 0. The Morgan fingerprint density at radius 2 is 0.911 bits per heavy atom. The summed E-state index contributed by atoms with van der Waals surface area (Å²) in [5, 5.41) is 4.87. The molecule has 0 radical (unpaired) electrons. The highest BCUT2D eigenvalue weighted by Crippen LogP contribution is 2.39. The number of nitrogens with zero attached hydrogens (tertiary/aromatic N) is 4. The maximum atomic E-state index is 5.13. The minimum Gasteiger partial charge on any atom is -0.354 e. The van der Waals surface area contributed by atoms with E-state index >= 15 is 0 Å². The average molecular weight is 716 g/mol. The third-order valence-corrected chi connectivity index (χ3v) is 10.8. The third-order valence-electron chi connectivity index (χ3n) is 10.8. The number of para-hydroxylation sites is 3. The summed E-state index contributed by atoms with van der Waals surface area (Å²) in [6.07, 6.45) is 0. The predicted octanol–water partition coefficient (Wildman–Crippen LogP) is 12.9. The van der Waals surface area contributed by atoms with Crippen molar-refractivity contribution in [2.24, 2.45) is 0 Å². The van der Waals surface area contributed by atoms with E-state index in [1.54, 1.807) is 0 Å². The lowest BCUT2D eigenvalue weighted by Gasteiger charge is -2.12. The largest absolute Gasteiger partial charge is 0.354 e. The standard InChI is InChI=1S/C51H33N5/c1-3-14-33(15-4-1)35-18-11-19-37(30-35)50-53-49(34-16-5-2-6-17-34)54-51(55-50)38-20-12-21-39(31-38)56-46-27-10-8-23-42(46)44-32-36(28-29-47(44)56)40-24-13-25-43-41-22-7-9-26-45(41)52-48(40)43/h1-32,52H. The van der Waals surface area contributed by atoms with Gasteiger partial charge in [0.15, 0.2) is 17.5 Å². The molecule has 11 aromatic rings. The molecule has 3 heterocycles. The Bertz CT molecular complexity index is 3250. The maximum absolute atomic E-state index is 5.13. The first-order valence-corrected chi connectivity index (χ1v) is 18.9. The average Bonchev–Trinajstić information content (AvgIpc) is 3.83. The Hall–Kier alpha value is -7.63. The van der Waals surface area contributed by atoms with Crippen molar-refractivity contribution in [3.8, 4) is 62.1 Å². The third kappa shape index (κ3) is 5.37. The van der Waals surface area contributed by atoms with Crippen LogP contribution in [0.2, 0.25) is 0 Å². The van der Waals surface area contributed by atoms with Gasteiger partial charge in [0.1, 0.15) is 0 Å². The normalized spacial score (nSPS) is 11.6. The van der Waals surface area contributed by atoms with Gasteiger partial charge in [0, 0.05) is 55.0 Å². The molecule has 8 aromatic carbocycles. The molecule has 1 N–H and O–H groups in total. The van der Waals surface area contributed by atoms with E-state index in [4.69, 9.17) is 15.0 Å². The van der Waals surface area contributed by atoms with E-state index in [2.05, 4.69) is 167 Å². The Morgan fingerprint density at radius 3 is 1.71 bits per heavy atom. The van der Waals surface area contributed by atoms with Crippen LogP contribution in [0, 0.1) is 0 Å². The minimum absolute atomic E-state index is 0.621. The second-order valence-corrected chi connectivity index (χ2v) is 14.2. The molecule has 5 heteroatoms. The van der Waals surface area contributed by atoms with Gasteiger partial charge >= 0.3 is 0 Å². The zero-order valence-corrected chi connectivity index (χ0v) is 30.3. The smallest absolute Gasteiger partial charge is 0.164 e. The zero-order chi connectivity index (χ0) is 37.0. The second-order valence-electron chi connectivity index (χ2n) is 14.2. The van der Waals surface area contributed by atoms with Gasteiger partial charge in [0.05, 0.1) is 16.6 Å². The molecule has 0 aliphatic carbocycles. The number of hydrogen-bond acceptors (Lipinski definition) is 3. The van der Waals surface area contributed by atoms with Crippen LogP contribution in [0.25, 0.3) is 106 Å². The first-order chi connectivity index (χ1) is 27.7. The molecular weight excluding hydrogens is 683 g/mol. The van der Waals surface area contributed by atoms with Crippen LogP contribution in [0.5, 0.6) is 0 Å². The number of fused-ring (bicyclic) bond motifs is 6. The van der Waals surface area contributed by atoms with Crippen LogP contribution in [0.4, 0.5) is 0 Å². The van der Waals surface area contributed by atoms with Crippen molar-refractivity contribution in [3.05, 3.63) is 194 Å². The minimum atomic E-state index is 0.621. The second kappa shape index (κ2) is 13.0. The van der Waals surface area contributed by atoms with Crippen molar-refractivity contribution in [1.82, 2.24) is 24.5 Å². The summed E-state index contributed by atoms with van der Waals surface area (Å²) in [6.45, 7) is 0. The number of nitrogens with one attached hydrogen (secondary N) is 1. The summed E-state index contributed by atoms with van der Waals surface area (Å²) in [4.78, 5) is 18.9. The Kier molecular flexibility index (Phi) is 7.42. The number of benzene rings is 8. The molecule has 0 unspecified atom stereocenters. The molecule has 3 aromatic heterocycles. The highest BCUT2D eigenvalue weighted by molar-refractivity contribution is 6.14. The molecule has 0 aliphatic heterocycles. The molecule has 0 bridgehead atoms. The highest BCUT2D eigenvalue weighted by Gasteiger charge is 2.18. The molecule has 0 saturated heterocycles. The zero-order valence-electron chi connectivity index (χ0n) is 30.3. The quantitative estimate of drug-likeness (QED) is 0.186. The Balaban J connectivity index is 1.06. The lowest BCUT2D eigenvalue weighted by Crippen LogP contribution is -2.01. The van der Waals surface area contributed by atoms with Crippen molar-refractivity contribution in [1.29, 1.82) is 0 Å². The van der Waals surface area contributed by atoms with E-state index in [1.165, 1.54) is 32.7 Å². The number of aromatic amines is 1. The van der Waals surface area contributed by atoms with Crippen molar-refractivity contribution in [3.63, 3.8) is 0 Å². The van der Waals surface area contributed by atoms with E-state index in [0.29, 0.717) is 17.5 Å². The number of rotatable bonds is 6. The molecule has 56 heavy (non-hydrogen) atoms. The maximum Gasteiger partial charge on any atom is 0.164 e. The van der Waals surface area contributed by atoms with E-state index in [1.807, 2.05) is 36.4 Å². The highest BCUT2D eigenvalue weighted by atomic mass is 15.0. The van der Waals surface area contributed by atoms with Gasteiger partial charge in [-0.2, -0.15) is 0 Å². The summed E-state index contributed by atoms with van der Waals surface area (Å²) < 4.78 is 2.35. The molecule has 0 amide bonds. The number of hydrogen-bond donors (Lipinski definition) is 1. The molecule has 5 nitrogen and oxygen atoms in total. The fraction of sp³-hybridized carbons (Fsp3) is 0. The molecular formula is C51H33N5. The van der Waals surface area contributed by atoms with E-state index in [-0.39, 0.29) is 0 Å². The van der Waals surface area contributed by atoms with E-state index < -0.39 is 0 Å². The van der Waals surface area contributed by atoms with Crippen LogP contribution >= 0.6 is 0 Å². The molecule has 11 rings (SSSR count). The summed E-state index contributed by atoms with van der Waals surface area (Å²) in [7, 11) is 0. The molecule has 0 fully saturated rings. The first-order valence-electron chi connectivity index (χ1n) is 18.9. The van der Waals surface area contributed by atoms with Gasteiger partial charge in [-0.1, -0.05) is 152 Å². The SMILES string of the molecule is c1ccc(-c2cccc(-c3nc(-c4ccccc4)nc(-c4cccc(-n5c6ccccc6c6cc(-c7cccc8c7[nH]c7ccccc78)ccc65)c4)n3)c2)cc1.